The summed E-state index contributed by atoms with van der Waals surface area (Å²) in [6.07, 6.45) is 2.13. The zero-order valence-electron chi connectivity index (χ0n) is 14.3. The Morgan fingerprint density at radius 3 is 3.07 bits per heavy atom. The third kappa shape index (κ3) is 4.50. The molecule has 0 bridgehead atoms. The molecule has 1 saturated heterocycles. The summed E-state index contributed by atoms with van der Waals surface area (Å²) in [5, 5.41) is 9.95. The summed E-state index contributed by atoms with van der Waals surface area (Å²) >= 11 is 9.14. The molecule has 8 heteroatoms. The Hall–Kier alpha value is -1.93. The fraction of sp³-hybridized carbons (Fsp3) is 0.263. The van der Waals surface area contributed by atoms with Gasteiger partial charge in [-0.15, -0.1) is 11.3 Å². The second-order valence-corrected chi connectivity index (χ2v) is 8.17. The van der Waals surface area contributed by atoms with E-state index in [0.717, 1.165) is 30.0 Å². The van der Waals surface area contributed by atoms with Crippen molar-refractivity contribution < 1.29 is 14.3 Å². The number of rotatable bonds is 6. The van der Waals surface area contributed by atoms with Crippen LogP contribution in [0, 0.1) is 0 Å². The van der Waals surface area contributed by atoms with Crippen LogP contribution in [0.1, 0.15) is 23.3 Å². The summed E-state index contributed by atoms with van der Waals surface area (Å²) < 4.78 is 11.4. The van der Waals surface area contributed by atoms with Crippen LogP contribution in [0.2, 0.25) is 5.02 Å². The van der Waals surface area contributed by atoms with E-state index in [1.54, 1.807) is 34.9 Å². The second kappa shape index (κ2) is 8.39. The average molecular weight is 421 g/mol. The molecule has 1 atom stereocenters. The van der Waals surface area contributed by atoms with Gasteiger partial charge in [-0.1, -0.05) is 11.6 Å². The molecule has 4 rings (SSSR count). The molecule has 2 aromatic heterocycles. The highest BCUT2D eigenvalue weighted by Crippen LogP contribution is 2.30. The average Bonchev–Trinajstić information content (AvgIpc) is 3.42. The fourth-order valence-corrected chi connectivity index (χ4v) is 4.45. The Bertz CT molecular complexity index is 921. The highest BCUT2D eigenvalue weighted by molar-refractivity contribution is 7.14. The first-order valence-corrected chi connectivity index (χ1v) is 10.7. The lowest BCUT2D eigenvalue weighted by atomic mass is 10.2. The summed E-state index contributed by atoms with van der Waals surface area (Å²) in [5.41, 5.74) is 1.91. The van der Waals surface area contributed by atoms with Crippen LogP contribution in [-0.2, 0) is 4.74 Å². The van der Waals surface area contributed by atoms with E-state index in [4.69, 9.17) is 21.1 Å². The lowest BCUT2D eigenvalue weighted by Gasteiger charge is -2.15. The molecule has 1 fully saturated rings. The van der Waals surface area contributed by atoms with E-state index in [1.807, 2.05) is 16.8 Å². The SMILES string of the molecule is O=C(Nc1cc(Cl)ccc1OCC1CCCO1)c1csc(-c2ccsc2)n1. The molecule has 0 aliphatic carbocycles. The molecule has 1 aliphatic rings. The van der Waals surface area contributed by atoms with E-state index in [1.165, 1.54) is 11.3 Å². The van der Waals surface area contributed by atoms with E-state index in [9.17, 15) is 4.79 Å². The van der Waals surface area contributed by atoms with Gasteiger partial charge in [0.1, 0.15) is 23.1 Å². The van der Waals surface area contributed by atoms with Gasteiger partial charge in [-0.3, -0.25) is 4.79 Å². The number of thiazole rings is 1. The van der Waals surface area contributed by atoms with Crippen molar-refractivity contribution in [2.45, 2.75) is 18.9 Å². The number of aromatic nitrogens is 1. The molecule has 3 aromatic rings. The number of ether oxygens (including phenoxy) is 2. The van der Waals surface area contributed by atoms with E-state index >= 15 is 0 Å². The number of hydrogen-bond donors (Lipinski definition) is 1. The first-order valence-electron chi connectivity index (χ1n) is 8.52. The first-order chi connectivity index (χ1) is 13.2. The van der Waals surface area contributed by atoms with E-state index in [2.05, 4.69) is 10.3 Å². The maximum Gasteiger partial charge on any atom is 0.275 e. The largest absolute Gasteiger partial charge is 0.489 e. The van der Waals surface area contributed by atoms with Crippen LogP contribution in [0.4, 0.5) is 5.69 Å². The number of halogens is 1. The highest BCUT2D eigenvalue weighted by atomic mass is 35.5. The molecule has 3 heterocycles. The molecule has 5 nitrogen and oxygen atoms in total. The minimum atomic E-state index is -0.294. The minimum absolute atomic E-state index is 0.0935. The van der Waals surface area contributed by atoms with Crippen molar-refractivity contribution in [3.05, 3.63) is 51.1 Å². The standard InChI is InChI=1S/C19H17ClN2O3S2/c20-13-3-4-17(25-9-14-2-1-6-24-14)15(8-13)21-18(23)16-11-27-19(22-16)12-5-7-26-10-12/h3-5,7-8,10-11,14H,1-2,6,9H2,(H,21,23). The van der Waals surface area contributed by atoms with Crippen molar-refractivity contribution in [3.8, 4) is 16.3 Å². The monoisotopic (exact) mass is 420 g/mol. The van der Waals surface area contributed by atoms with Crippen LogP contribution >= 0.6 is 34.3 Å². The number of benzene rings is 1. The Morgan fingerprint density at radius 1 is 1.37 bits per heavy atom. The van der Waals surface area contributed by atoms with Crippen LogP contribution in [0.15, 0.2) is 40.4 Å². The van der Waals surface area contributed by atoms with Gasteiger partial charge >= 0.3 is 0 Å². The molecule has 0 radical (unpaired) electrons. The maximum atomic E-state index is 12.6. The Morgan fingerprint density at radius 2 is 2.30 bits per heavy atom. The number of thiophene rings is 1. The smallest absolute Gasteiger partial charge is 0.275 e. The number of nitrogens with zero attached hydrogens (tertiary/aromatic N) is 1. The summed E-state index contributed by atoms with van der Waals surface area (Å²) in [6.45, 7) is 1.22. The summed E-state index contributed by atoms with van der Waals surface area (Å²) in [4.78, 5) is 17.1. The van der Waals surface area contributed by atoms with Crippen molar-refractivity contribution in [2.24, 2.45) is 0 Å². The Balaban J connectivity index is 1.47. The van der Waals surface area contributed by atoms with Gasteiger partial charge in [0.15, 0.2) is 0 Å². The highest BCUT2D eigenvalue weighted by Gasteiger charge is 2.18. The van der Waals surface area contributed by atoms with Gasteiger partial charge in [0.25, 0.3) is 5.91 Å². The summed E-state index contributed by atoms with van der Waals surface area (Å²) in [5.74, 6) is 0.272. The predicted octanol–water partition coefficient (Wildman–Crippen LogP) is 5.34. The lowest BCUT2D eigenvalue weighted by Crippen LogP contribution is -2.18. The first kappa shape index (κ1) is 18.4. The van der Waals surface area contributed by atoms with Crippen LogP contribution in [0.3, 0.4) is 0 Å². The zero-order chi connectivity index (χ0) is 18.6. The van der Waals surface area contributed by atoms with E-state index < -0.39 is 0 Å². The number of amides is 1. The lowest BCUT2D eigenvalue weighted by molar-refractivity contribution is 0.0682. The molecule has 0 spiro atoms. The number of hydrogen-bond acceptors (Lipinski definition) is 6. The number of carbonyl (C=O) groups is 1. The van der Waals surface area contributed by atoms with Crippen molar-refractivity contribution in [3.63, 3.8) is 0 Å². The molecule has 1 aromatic carbocycles. The minimum Gasteiger partial charge on any atom is -0.489 e. The Kier molecular flexibility index (Phi) is 5.73. The van der Waals surface area contributed by atoms with Crippen LogP contribution < -0.4 is 10.1 Å². The molecular formula is C19H17ClN2O3S2. The van der Waals surface area contributed by atoms with Crippen molar-refractivity contribution in [2.75, 3.05) is 18.5 Å². The molecule has 27 heavy (non-hydrogen) atoms. The number of carbonyl (C=O) groups excluding carboxylic acids is 1. The van der Waals surface area contributed by atoms with Crippen molar-refractivity contribution in [1.82, 2.24) is 4.98 Å². The topological polar surface area (TPSA) is 60.5 Å². The van der Waals surface area contributed by atoms with Gasteiger partial charge in [-0.05, 0) is 42.5 Å². The fourth-order valence-electron chi connectivity index (χ4n) is 2.77. The van der Waals surface area contributed by atoms with Crippen molar-refractivity contribution >= 4 is 45.9 Å². The normalized spacial score (nSPS) is 16.4. The van der Waals surface area contributed by atoms with Gasteiger partial charge in [-0.2, -0.15) is 11.3 Å². The summed E-state index contributed by atoms with van der Waals surface area (Å²) in [6, 6.07) is 7.15. The van der Waals surface area contributed by atoms with Gasteiger partial charge in [-0.25, -0.2) is 4.98 Å². The molecule has 1 aliphatic heterocycles. The zero-order valence-corrected chi connectivity index (χ0v) is 16.7. The maximum absolute atomic E-state index is 12.6. The second-order valence-electron chi connectivity index (χ2n) is 6.09. The molecule has 1 unspecified atom stereocenters. The quantitative estimate of drug-likeness (QED) is 0.585. The predicted molar refractivity (Wildman–Crippen MR) is 109 cm³/mol. The van der Waals surface area contributed by atoms with Crippen LogP contribution in [0.25, 0.3) is 10.6 Å². The van der Waals surface area contributed by atoms with Gasteiger partial charge in [0.2, 0.25) is 0 Å². The molecule has 1 amide bonds. The van der Waals surface area contributed by atoms with Gasteiger partial charge < -0.3 is 14.8 Å². The van der Waals surface area contributed by atoms with E-state index in [0.29, 0.717) is 28.8 Å². The van der Waals surface area contributed by atoms with Crippen LogP contribution in [0.5, 0.6) is 5.75 Å². The molecular weight excluding hydrogens is 404 g/mol. The van der Waals surface area contributed by atoms with Gasteiger partial charge in [0.05, 0.1) is 11.8 Å². The molecule has 1 N–H and O–H groups in total. The van der Waals surface area contributed by atoms with Crippen LogP contribution in [-0.4, -0.2) is 30.2 Å². The van der Waals surface area contributed by atoms with Gasteiger partial charge in [0, 0.05) is 28.0 Å². The summed E-state index contributed by atoms with van der Waals surface area (Å²) in [7, 11) is 0. The van der Waals surface area contributed by atoms with Crippen molar-refractivity contribution in [1.29, 1.82) is 0 Å². The molecule has 0 saturated carbocycles. The number of nitrogens with one attached hydrogen (secondary N) is 1. The third-order valence-corrected chi connectivity index (χ3v) is 5.95. The Labute approximate surface area is 169 Å². The van der Waals surface area contributed by atoms with E-state index in [-0.39, 0.29) is 12.0 Å². The molecule has 140 valence electrons. The number of anilines is 1. The third-order valence-electron chi connectivity index (χ3n) is 4.14.